The van der Waals surface area contributed by atoms with Crippen molar-refractivity contribution in [2.45, 2.75) is 32.1 Å². The van der Waals surface area contributed by atoms with Crippen molar-refractivity contribution < 1.29 is 4.42 Å². The topological polar surface area (TPSA) is 49.6 Å². The van der Waals surface area contributed by atoms with Crippen LogP contribution >= 0.6 is 35.7 Å². The summed E-state index contributed by atoms with van der Waals surface area (Å²) in [6.07, 6.45) is 1.67. The largest absolute Gasteiger partial charge is 0.467 e. The van der Waals surface area contributed by atoms with Crippen LogP contribution in [0.1, 0.15) is 26.5 Å². The van der Waals surface area contributed by atoms with Gasteiger partial charge in [0.25, 0.3) is 0 Å². The van der Waals surface area contributed by atoms with Gasteiger partial charge in [0.2, 0.25) is 0 Å². The van der Waals surface area contributed by atoms with Crippen LogP contribution in [0.25, 0.3) is 0 Å². The maximum atomic E-state index is 5.25. The van der Waals surface area contributed by atoms with Gasteiger partial charge < -0.3 is 15.1 Å². The molecule has 1 rings (SSSR count). The average Bonchev–Trinajstić information content (AvgIpc) is 2.79. The second kappa shape index (κ2) is 9.52. The van der Waals surface area contributed by atoms with Gasteiger partial charge >= 0.3 is 0 Å². The molecule has 0 aliphatic rings. The van der Waals surface area contributed by atoms with Gasteiger partial charge in [0.15, 0.2) is 5.96 Å². The molecule has 0 saturated heterocycles. The third-order valence-corrected chi connectivity index (χ3v) is 3.44. The minimum absolute atomic E-state index is 0. The number of hydrogen-bond acceptors (Lipinski definition) is 3. The Morgan fingerprint density at radius 3 is 2.63 bits per heavy atom. The molecule has 0 spiro atoms. The summed E-state index contributed by atoms with van der Waals surface area (Å²) < 4.78 is 5.56. The fourth-order valence-electron chi connectivity index (χ4n) is 1.33. The second-order valence-electron chi connectivity index (χ2n) is 4.89. The number of aliphatic imine (C=N–C) groups is 1. The van der Waals surface area contributed by atoms with E-state index in [-0.39, 0.29) is 24.0 Å². The molecule has 1 aromatic heterocycles. The minimum Gasteiger partial charge on any atom is -0.467 e. The summed E-state index contributed by atoms with van der Waals surface area (Å²) in [4.78, 5) is 4.16. The van der Waals surface area contributed by atoms with E-state index in [4.69, 9.17) is 4.42 Å². The maximum Gasteiger partial charge on any atom is 0.191 e. The predicted octanol–water partition coefficient (Wildman–Crippen LogP) is 3.09. The zero-order chi connectivity index (χ0) is 13.4. The SMILES string of the molecule is CN=C(NCCSC(C)(C)C)NCc1ccco1.I. The standard InChI is InChI=1S/C13H23N3OS.HI/c1-13(2,3)18-9-7-15-12(14-4)16-10-11-6-5-8-17-11;/h5-6,8H,7,9-10H2,1-4H3,(H2,14,15,16);1H. The van der Waals surface area contributed by atoms with Crippen molar-refractivity contribution >= 4 is 41.7 Å². The minimum atomic E-state index is 0. The second-order valence-corrected chi connectivity index (χ2v) is 6.81. The van der Waals surface area contributed by atoms with Gasteiger partial charge in [0.05, 0.1) is 12.8 Å². The molecule has 0 aliphatic heterocycles. The van der Waals surface area contributed by atoms with E-state index in [9.17, 15) is 0 Å². The Kier molecular flexibility index (Phi) is 9.34. The number of halogens is 1. The lowest BCUT2D eigenvalue weighted by molar-refractivity contribution is 0.501. The van der Waals surface area contributed by atoms with Crippen LogP contribution in [-0.4, -0.2) is 30.1 Å². The molecule has 1 heterocycles. The third kappa shape index (κ3) is 9.21. The van der Waals surface area contributed by atoms with Crippen molar-refractivity contribution in [2.24, 2.45) is 4.99 Å². The summed E-state index contributed by atoms with van der Waals surface area (Å²) in [7, 11) is 1.77. The van der Waals surface area contributed by atoms with E-state index in [1.165, 1.54) is 0 Å². The van der Waals surface area contributed by atoms with Crippen molar-refractivity contribution in [3.8, 4) is 0 Å². The van der Waals surface area contributed by atoms with Gasteiger partial charge in [0.1, 0.15) is 5.76 Å². The average molecular weight is 397 g/mol. The highest BCUT2D eigenvalue weighted by molar-refractivity contribution is 14.0. The number of guanidine groups is 1. The molecule has 0 amide bonds. The van der Waals surface area contributed by atoms with Gasteiger partial charge in [0, 0.05) is 24.1 Å². The Hall–Kier alpha value is -0.370. The van der Waals surface area contributed by atoms with Crippen molar-refractivity contribution in [2.75, 3.05) is 19.3 Å². The van der Waals surface area contributed by atoms with E-state index in [0.29, 0.717) is 11.3 Å². The lowest BCUT2D eigenvalue weighted by atomic mass is 10.3. The monoisotopic (exact) mass is 397 g/mol. The van der Waals surface area contributed by atoms with Gasteiger partial charge in [-0.3, -0.25) is 4.99 Å². The zero-order valence-corrected chi connectivity index (χ0v) is 15.2. The summed E-state index contributed by atoms with van der Waals surface area (Å²) in [5.74, 6) is 2.77. The van der Waals surface area contributed by atoms with Crippen LogP contribution in [0.5, 0.6) is 0 Å². The van der Waals surface area contributed by atoms with E-state index in [0.717, 1.165) is 24.0 Å². The van der Waals surface area contributed by atoms with Crippen LogP contribution in [0.3, 0.4) is 0 Å². The lowest BCUT2D eigenvalue weighted by Crippen LogP contribution is -2.38. The highest BCUT2D eigenvalue weighted by Gasteiger charge is 2.09. The van der Waals surface area contributed by atoms with Gasteiger partial charge in [-0.25, -0.2) is 0 Å². The highest BCUT2D eigenvalue weighted by atomic mass is 127. The molecule has 0 unspecified atom stereocenters. The third-order valence-electron chi connectivity index (χ3n) is 2.16. The van der Waals surface area contributed by atoms with Gasteiger partial charge in [-0.1, -0.05) is 20.8 Å². The van der Waals surface area contributed by atoms with E-state index >= 15 is 0 Å². The lowest BCUT2D eigenvalue weighted by Gasteiger charge is -2.18. The van der Waals surface area contributed by atoms with Gasteiger partial charge in [-0.2, -0.15) is 11.8 Å². The number of furan rings is 1. The molecule has 19 heavy (non-hydrogen) atoms. The van der Waals surface area contributed by atoms with Gasteiger partial charge in [-0.15, -0.1) is 24.0 Å². The van der Waals surface area contributed by atoms with Crippen molar-refractivity contribution in [3.05, 3.63) is 24.2 Å². The number of rotatable bonds is 5. The van der Waals surface area contributed by atoms with Crippen molar-refractivity contribution in [3.63, 3.8) is 0 Å². The normalized spacial score (nSPS) is 11.9. The number of thioether (sulfide) groups is 1. The molecule has 4 nitrogen and oxygen atoms in total. The zero-order valence-electron chi connectivity index (χ0n) is 12.0. The molecule has 0 radical (unpaired) electrons. The van der Waals surface area contributed by atoms with Gasteiger partial charge in [-0.05, 0) is 12.1 Å². The first-order valence-electron chi connectivity index (χ1n) is 6.12. The first-order valence-corrected chi connectivity index (χ1v) is 7.11. The molecule has 0 aromatic carbocycles. The molecule has 0 fully saturated rings. The Bertz CT molecular complexity index is 360. The molecule has 0 bridgehead atoms. The van der Waals surface area contributed by atoms with E-state index < -0.39 is 0 Å². The molecule has 110 valence electrons. The first-order chi connectivity index (χ1) is 8.51. The van der Waals surface area contributed by atoms with Crippen LogP contribution in [0.2, 0.25) is 0 Å². The number of hydrogen-bond donors (Lipinski definition) is 2. The van der Waals surface area contributed by atoms with Crippen LogP contribution in [0.4, 0.5) is 0 Å². The Morgan fingerprint density at radius 1 is 1.37 bits per heavy atom. The highest BCUT2D eigenvalue weighted by Crippen LogP contribution is 2.21. The predicted molar refractivity (Wildman–Crippen MR) is 94.5 cm³/mol. The molecule has 0 aliphatic carbocycles. The molecular weight excluding hydrogens is 373 g/mol. The van der Waals surface area contributed by atoms with Crippen LogP contribution in [0, 0.1) is 0 Å². The number of nitrogens with one attached hydrogen (secondary N) is 2. The Labute approximate surface area is 137 Å². The summed E-state index contributed by atoms with van der Waals surface area (Å²) in [5, 5.41) is 6.49. The van der Waals surface area contributed by atoms with Crippen molar-refractivity contribution in [1.29, 1.82) is 0 Å². The molecule has 2 N–H and O–H groups in total. The summed E-state index contributed by atoms with van der Waals surface area (Å²) >= 11 is 1.94. The molecule has 0 atom stereocenters. The molecular formula is C13H24IN3OS. The fraction of sp³-hybridized carbons (Fsp3) is 0.615. The summed E-state index contributed by atoms with van der Waals surface area (Å²) in [6, 6.07) is 3.82. The summed E-state index contributed by atoms with van der Waals surface area (Å²) in [5.41, 5.74) is 0. The maximum absolute atomic E-state index is 5.25. The fourth-order valence-corrected chi connectivity index (χ4v) is 2.15. The number of nitrogens with zero attached hydrogens (tertiary/aromatic N) is 1. The van der Waals surface area contributed by atoms with Crippen LogP contribution < -0.4 is 10.6 Å². The van der Waals surface area contributed by atoms with Crippen LogP contribution in [0.15, 0.2) is 27.8 Å². The Balaban J connectivity index is 0.00000324. The van der Waals surface area contributed by atoms with E-state index in [1.54, 1.807) is 13.3 Å². The van der Waals surface area contributed by atoms with Crippen molar-refractivity contribution in [1.82, 2.24) is 10.6 Å². The van der Waals surface area contributed by atoms with Crippen LogP contribution in [-0.2, 0) is 6.54 Å². The molecule has 6 heteroatoms. The molecule has 0 saturated carbocycles. The van der Waals surface area contributed by atoms with E-state index in [1.807, 2.05) is 23.9 Å². The quantitative estimate of drug-likeness (QED) is 0.347. The van der Waals surface area contributed by atoms with E-state index in [2.05, 4.69) is 36.4 Å². The summed E-state index contributed by atoms with van der Waals surface area (Å²) in [6.45, 7) is 8.23. The smallest absolute Gasteiger partial charge is 0.191 e. The first kappa shape index (κ1) is 18.6. The Morgan fingerprint density at radius 2 is 2.11 bits per heavy atom. The molecule has 1 aromatic rings.